The fourth-order valence-electron chi connectivity index (χ4n) is 2.12. The molecule has 2 heterocycles. The first-order valence-electron chi connectivity index (χ1n) is 6.14. The van der Waals surface area contributed by atoms with Crippen molar-refractivity contribution in [3.05, 3.63) is 23.4 Å². The van der Waals surface area contributed by atoms with Crippen LogP contribution in [-0.2, 0) is 11.3 Å². The molecular formula is C13H20N2O2. The van der Waals surface area contributed by atoms with Crippen molar-refractivity contribution in [1.29, 1.82) is 0 Å². The minimum Gasteiger partial charge on any atom is -0.392 e. The van der Waals surface area contributed by atoms with Crippen molar-refractivity contribution in [2.45, 2.75) is 33.0 Å². The zero-order valence-corrected chi connectivity index (χ0v) is 10.5. The van der Waals surface area contributed by atoms with Gasteiger partial charge in [0, 0.05) is 25.4 Å². The van der Waals surface area contributed by atoms with Gasteiger partial charge in [-0.2, -0.15) is 0 Å². The molecule has 1 aromatic rings. The van der Waals surface area contributed by atoms with Gasteiger partial charge in [0.1, 0.15) is 5.82 Å². The summed E-state index contributed by atoms with van der Waals surface area (Å²) < 4.78 is 5.62. The molecule has 94 valence electrons. The molecular weight excluding hydrogens is 216 g/mol. The van der Waals surface area contributed by atoms with Crippen LogP contribution in [0.4, 0.5) is 5.82 Å². The number of nitrogens with zero attached hydrogens (tertiary/aromatic N) is 2. The van der Waals surface area contributed by atoms with Gasteiger partial charge >= 0.3 is 0 Å². The van der Waals surface area contributed by atoms with E-state index < -0.39 is 0 Å². The van der Waals surface area contributed by atoms with Gasteiger partial charge in [0.25, 0.3) is 0 Å². The minimum atomic E-state index is 0.0542. The third-order valence-corrected chi connectivity index (χ3v) is 3.13. The number of aliphatic hydroxyl groups is 1. The summed E-state index contributed by atoms with van der Waals surface area (Å²) in [5.41, 5.74) is 1.80. The molecule has 0 amide bonds. The Hall–Kier alpha value is -1.13. The van der Waals surface area contributed by atoms with Crippen LogP contribution in [0.15, 0.2) is 12.1 Å². The van der Waals surface area contributed by atoms with Gasteiger partial charge in [-0.25, -0.2) is 4.98 Å². The molecule has 0 saturated carbocycles. The first-order valence-corrected chi connectivity index (χ1v) is 6.14. The van der Waals surface area contributed by atoms with Gasteiger partial charge in [-0.15, -0.1) is 0 Å². The van der Waals surface area contributed by atoms with Crippen LogP contribution in [0.2, 0.25) is 0 Å². The highest BCUT2D eigenvalue weighted by atomic mass is 16.5. The SMILES string of the molecule is Cc1nc(N2CCCOC(C)C2)ccc1CO. The maximum Gasteiger partial charge on any atom is 0.128 e. The van der Waals surface area contributed by atoms with Gasteiger partial charge in [0.05, 0.1) is 12.7 Å². The van der Waals surface area contributed by atoms with Gasteiger partial charge in [0.2, 0.25) is 0 Å². The number of aliphatic hydroxyl groups excluding tert-OH is 1. The molecule has 1 unspecified atom stereocenters. The van der Waals surface area contributed by atoms with E-state index in [0.29, 0.717) is 0 Å². The summed E-state index contributed by atoms with van der Waals surface area (Å²) in [7, 11) is 0. The van der Waals surface area contributed by atoms with Crippen LogP contribution in [0.1, 0.15) is 24.6 Å². The molecule has 4 nitrogen and oxygen atoms in total. The predicted molar refractivity (Wildman–Crippen MR) is 67.1 cm³/mol. The Morgan fingerprint density at radius 2 is 2.35 bits per heavy atom. The van der Waals surface area contributed by atoms with E-state index in [1.54, 1.807) is 0 Å². The molecule has 1 aliphatic rings. The maximum atomic E-state index is 9.13. The standard InChI is InChI=1S/C13H20N2O2/c1-10-8-15(6-3-7-17-10)13-5-4-12(9-16)11(2)14-13/h4-5,10,16H,3,6-9H2,1-2H3. The van der Waals surface area contributed by atoms with Crippen molar-refractivity contribution in [3.8, 4) is 0 Å². The zero-order chi connectivity index (χ0) is 12.3. The second-order valence-corrected chi connectivity index (χ2v) is 4.55. The Kier molecular flexibility index (Phi) is 3.97. The molecule has 0 aliphatic carbocycles. The fraction of sp³-hybridized carbons (Fsp3) is 0.615. The van der Waals surface area contributed by atoms with E-state index in [0.717, 1.165) is 43.2 Å². The van der Waals surface area contributed by atoms with Crippen LogP contribution in [-0.4, -0.2) is 35.9 Å². The van der Waals surface area contributed by atoms with E-state index in [1.165, 1.54) is 0 Å². The fourth-order valence-corrected chi connectivity index (χ4v) is 2.12. The maximum absolute atomic E-state index is 9.13. The van der Waals surface area contributed by atoms with Crippen LogP contribution in [0.5, 0.6) is 0 Å². The van der Waals surface area contributed by atoms with E-state index in [-0.39, 0.29) is 12.7 Å². The lowest BCUT2D eigenvalue weighted by atomic mass is 10.2. The first-order chi connectivity index (χ1) is 8.20. The van der Waals surface area contributed by atoms with E-state index in [9.17, 15) is 0 Å². The van der Waals surface area contributed by atoms with Crippen LogP contribution in [0.25, 0.3) is 0 Å². The lowest BCUT2D eigenvalue weighted by Crippen LogP contribution is -2.30. The molecule has 0 bridgehead atoms. The van der Waals surface area contributed by atoms with Gasteiger partial charge in [-0.05, 0) is 31.9 Å². The number of pyridine rings is 1. The summed E-state index contributed by atoms with van der Waals surface area (Å²) in [4.78, 5) is 6.81. The molecule has 0 radical (unpaired) electrons. The Bertz CT molecular complexity index is 382. The quantitative estimate of drug-likeness (QED) is 0.845. The number of hydrogen-bond acceptors (Lipinski definition) is 4. The van der Waals surface area contributed by atoms with Crippen molar-refractivity contribution in [1.82, 2.24) is 4.98 Å². The molecule has 0 aromatic carbocycles. The van der Waals surface area contributed by atoms with E-state index in [2.05, 4.69) is 16.8 Å². The topological polar surface area (TPSA) is 45.6 Å². The van der Waals surface area contributed by atoms with E-state index in [4.69, 9.17) is 9.84 Å². The molecule has 1 atom stereocenters. The number of rotatable bonds is 2. The monoisotopic (exact) mass is 236 g/mol. The number of aryl methyl sites for hydroxylation is 1. The highest BCUT2D eigenvalue weighted by Crippen LogP contribution is 2.17. The molecule has 1 saturated heterocycles. The Balaban J connectivity index is 2.17. The van der Waals surface area contributed by atoms with Gasteiger partial charge < -0.3 is 14.7 Å². The molecule has 1 aliphatic heterocycles. The van der Waals surface area contributed by atoms with Gasteiger partial charge in [0.15, 0.2) is 0 Å². The average Bonchev–Trinajstić information content (AvgIpc) is 2.54. The molecule has 2 rings (SSSR count). The Morgan fingerprint density at radius 3 is 3.06 bits per heavy atom. The zero-order valence-electron chi connectivity index (χ0n) is 10.5. The van der Waals surface area contributed by atoms with Crippen LogP contribution >= 0.6 is 0 Å². The van der Waals surface area contributed by atoms with E-state index in [1.807, 2.05) is 19.1 Å². The van der Waals surface area contributed by atoms with Crippen molar-refractivity contribution < 1.29 is 9.84 Å². The van der Waals surface area contributed by atoms with Crippen LogP contribution < -0.4 is 4.90 Å². The number of hydrogen-bond donors (Lipinski definition) is 1. The first kappa shape index (κ1) is 12.3. The molecule has 1 aromatic heterocycles. The predicted octanol–water partition coefficient (Wildman–Crippen LogP) is 1.50. The van der Waals surface area contributed by atoms with E-state index >= 15 is 0 Å². The smallest absolute Gasteiger partial charge is 0.128 e. The average molecular weight is 236 g/mol. The third-order valence-electron chi connectivity index (χ3n) is 3.13. The lowest BCUT2D eigenvalue weighted by molar-refractivity contribution is 0.0820. The second kappa shape index (κ2) is 5.47. The molecule has 4 heteroatoms. The van der Waals surface area contributed by atoms with Crippen LogP contribution in [0, 0.1) is 6.92 Å². The summed E-state index contributed by atoms with van der Waals surface area (Å²) in [6.07, 6.45) is 1.28. The third kappa shape index (κ3) is 2.96. The summed E-state index contributed by atoms with van der Waals surface area (Å²) in [6.45, 7) is 6.77. The molecule has 17 heavy (non-hydrogen) atoms. The normalized spacial score (nSPS) is 21.4. The van der Waals surface area contributed by atoms with Crippen LogP contribution in [0.3, 0.4) is 0 Å². The lowest BCUT2D eigenvalue weighted by Gasteiger charge is -2.23. The summed E-state index contributed by atoms with van der Waals surface area (Å²) in [6, 6.07) is 3.94. The van der Waals surface area contributed by atoms with Gasteiger partial charge in [-0.1, -0.05) is 6.07 Å². The highest BCUT2D eigenvalue weighted by Gasteiger charge is 2.16. The number of ether oxygens (including phenoxy) is 1. The van der Waals surface area contributed by atoms with Crippen molar-refractivity contribution in [2.24, 2.45) is 0 Å². The molecule has 1 fully saturated rings. The highest BCUT2D eigenvalue weighted by molar-refractivity contribution is 5.41. The Labute approximate surface area is 102 Å². The second-order valence-electron chi connectivity index (χ2n) is 4.55. The summed E-state index contributed by atoms with van der Waals surface area (Å²) in [5.74, 6) is 0.983. The minimum absolute atomic E-state index is 0.0542. The number of aromatic nitrogens is 1. The van der Waals surface area contributed by atoms with Crippen molar-refractivity contribution in [3.63, 3.8) is 0 Å². The summed E-state index contributed by atoms with van der Waals surface area (Å²) >= 11 is 0. The van der Waals surface area contributed by atoms with Gasteiger partial charge in [-0.3, -0.25) is 0 Å². The molecule has 1 N–H and O–H groups in total. The van der Waals surface area contributed by atoms with Crippen molar-refractivity contribution in [2.75, 3.05) is 24.6 Å². The Morgan fingerprint density at radius 1 is 1.53 bits per heavy atom. The van der Waals surface area contributed by atoms with Crippen molar-refractivity contribution >= 4 is 5.82 Å². The summed E-state index contributed by atoms with van der Waals surface area (Å²) in [5, 5.41) is 9.13. The molecule has 0 spiro atoms. The largest absolute Gasteiger partial charge is 0.392 e. The number of anilines is 1.